The van der Waals surface area contributed by atoms with Crippen molar-refractivity contribution < 1.29 is 23.4 Å². The largest absolute Gasteiger partial charge is 0.465 e. The number of aromatic nitrogens is 3. The van der Waals surface area contributed by atoms with E-state index in [1.165, 1.54) is 30.0 Å². The Morgan fingerprint density at radius 3 is 2.73 bits per heavy atom. The van der Waals surface area contributed by atoms with E-state index in [9.17, 15) is 19.6 Å². The topological polar surface area (TPSA) is 119 Å². The van der Waals surface area contributed by atoms with E-state index >= 15 is 4.39 Å². The zero-order valence-corrected chi connectivity index (χ0v) is 25.1. The van der Waals surface area contributed by atoms with Crippen molar-refractivity contribution in [1.82, 2.24) is 24.8 Å². The van der Waals surface area contributed by atoms with Crippen LogP contribution in [0.4, 0.5) is 19.4 Å². The van der Waals surface area contributed by atoms with Crippen molar-refractivity contribution in [2.75, 3.05) is 37.7 Å². The average molecular weight is 634 g/mol. The van der Waals surface area contributed by atoms with Crippen LogP contribution in [0.25, 0.3) is 32.9 Å². The number of benzene rings is 2. The van der Waals surface area contributed by atoms with Gasteiger partial charge in [-0.15, -0.1) is 0 Å². The van der Waals surface area contributed by atoms with Gasteiger partial charge in [0.15, 0.2) is 5.82 Å². The van der Waals surface area contributed by atoms with E-state index in [2.05, 4.69) is 20.9 Å². The molecule has 45 heavy (non-hydrogen) atoms. The number of rotatable bonds is 7. The monoisotopic (exact) mass is 633 g/mol. The molecule has 0 bridgehead atoms. The van der Waals surface area contributed by atoms with Crippen LogP contribution in [-0.2, 0) is 0 Å². The van der Waals surface area contributed by atoms with Gasteiger partial charge in [-0.25, -0.2) is 13.6 Å². The number of hydrogen-bond donors (Lipinski definition) is 1. The third-order valence-electron chi connectivity index (χ3n) is 9.03. The number of carbonyl (C=O) groups is 1. The fourth-order valence-electron chi connectivity index (χ4n) is 6.70. The molecule has 2 aromatic heterocycles. The number of amides is 1. The van der Waals surface area contributed by atoms with Crippen LogP contribution in [0.2, 0.25) is 5.02 Å². The average Bonchev–Trinajstić information content (AvgIpc) is 3.78. The summed E-state index contributed by atoms with van der Waals surface area (Å²) in [4.78, 5) is 31.1. The summed E-state index contributed by atoms with van der Waals surface area (Å²) < 4.78 is 37.3. The molecule has 1 N–H and O–H groups in total. The van der Waals surface area contributed by atoms with E-state index in [1.807, 2.05) is 4.90 Å². The normalized spacial score (nSPS) is 20.6. The van der Waals surface area contributed by atoms with Crippen molar-refractivity contribution in [1.29, 1.82) is 5.26 Å². The van der Waals surface area contributed by atoms with Crippen LogP contribution in [0.5, 0.6) is 6.01 Å². The minimum absolute atomic E-state index is 0.00399. The fourth-order valence-corrected chi connectivity index (χ4v) is 6.97. The Balaban J connectivity index is 1.32. The zero-order valence-electron chi connectivity index (χ0n) is 24.3. The number of carboxylic acid groups (broad SMARTS) is 1. The molecule has 2 saturated heterocycles. The minimum Gasteiger partial charge on any atom is -0.465 e. The van der Waals surface area contributed by atoms with Gasteiger partial charge in [0.05, 0.1) is 28.9 Å². The second-order valence-corrected chi connectivity index (χ2v) is 12.2. The number of pyridine rings is 1. The first-order chi connectivity index (χ1) is 21.8. The maximum absolute atomic E-state index is 16.6. The van der Waals surface area contributed by atoms with Crippen molar-refractivity contribution in [3.63, 3.8) is 0 Å². The lowest BCUT2D eigenvalue weighted by molar-refractivity contribution is 0.119. The molecule has 0 unspecified atom stereocenters. The molecule has 4 heterocycles. The summed E-state index contributed by atoms with van der Waals surface area (Å²) in [5, 5.41) is 20.2. The van der Waals surface area contributed by atoms with Crippen LogP contribution >= 0.6 is 11.6 Å². The summed E-state index contributed by atoms with van der Waals surface area (Å²) in [5.74, 6) is -1.03. The van der Waals surface area contributed by atoms with Gasteiger partial charge in [-0.2, -0.15) is 15.2 Å². The van der Waals surface area contributed by atoms with Gasteiger partial charge in [0.25, 0.3) is 0 Å². The highest BCUT2D eigenvalue weighted by atomic mass is 35.5. The van der Waals surface area contributed by atoms with Crippen LogP contribution < -0.4 is 9.64 Å². The molecule has 1 aliphatic carbocycles. The second kappa shape index (κ2) is 11.9. The van der Waals surface area contributed by atoms with Crippen molar-refractivity contribution >= 4 is 45.2 Å². The first-order valence-corrected chi connectivity index (χ1v) is 15.4. The Bertz CT molecular complexity index is 1850. The summed E-state index contributed by atoms with van der Waals surface area (Å²) in [6.07, 6.45) is 4.79. The molecule has 7 rings (SSSR count). The second-order valence-electron chi connectivity index (χ2n) is 11.8. The summed E-state index contributed by atoms with van der Waals surface area (Å²) in [5.41, 5.74) is 0.228. The maximum atomic E-state index is 16.6. The third-order valence-corrected chi connectivity index (χ3v) is 9.40. The predicted molar refractivity (Wildman–Crippen MR) is 164 cm³/mol. The SMILES string of the molecule is N#CC[C@H]1CN(c2nc(OC[C@@H]3CCCN3C3CC3)nc3c(F)c(-c4cccc5ccc(F)c(Cl)c45)ncc23)CCN1C(=O)O. The first-order valence-electron chi connectivity index (χ1n) is 15.1. The number of fused-ring (bicyclic) bond motifs is 2. The molecular formula is C32H30ClF2N7O3. The summed E-state index contributed by atoms with van der Waals surface area (Å²) in [7, 11) is 0. The van der Waals surface area contributed by atoms with E-state index in [0.29, 0.717) is 40.2 Å². The van der Waals surface area contributed by atoms with Gasteiger partial charge in [0.1, 0.15) is 29.5 Å². The van der Waals surface area contributed by atoms with Crippen LogP contribution in [0, 0.1) is 23.0 Å². The Labute approximate surface area is 262 Å². The first kappa shape index (κ1) is 29.4. The van der Waals surface area contributed by atoms with E-state index in [4.69, 9.17) is 21.3 Å². The highest BCUT2D eigenvalue weighted by Gasteiger charge is 2.37. The molecule has 0 spiro atoms. The molecule has 13 heteroatoms. The van der Waals surface area contributed by atoms with Gasteiger partial charge in [-0.1, -0.05) is 35.9 Å². The number of piperazine rings is 1. The van der Waals surface area contributed by atoms with Crippen LogP contribution in [0.3, 0.4) is 0 Å². The molecule has 1 saturated carbocycles. The molecule has 4 aromatic rings. The third kappa shape index (κ3) is 5.44. The number of likely N-dealkylation sites (tertiary alicyclic amines) is 1. The molecular weight excluding hydrogens is 604 g/mol. The van der Waals surface area contributed by atoms with Crippen LogP contribution in [0.1, 0.15) is 32.1 Å². The quantitative estimate of drug-likeness (QED) is 0.267. The molecule has 1 amide bonds. The van der Waals surface area contributed by atoms with Crippen molar-refractivity contribution in [2.24, 2.45) is 0 Å². The highest BCUT2D eigenvalue weighted by molar-refractivity contribution is 6.36. The minimum atomic E-state index is -1.11. The lowest BCUT2D eigenvalue weighted by Gasteiger charge is -2.39. The molecule has 0 radical (unpaired) electrons. The molecule has 2 aromatic carbocycles. The molecule has 3 aliphatic rings. The number of hydrogen-bond acceptors (Lipinski definition) is 8. The van der Waals surface area contributed by atoms with Gasteiger partial charge in [-0.05, 0) is 43.7 Å². The smallest absolute Gasteiger partial charge is 0.407 e. The van der Waals surface area contributed by atoms with E-state index in [1.54, 1.807) is 24.3 Å². The molecule has 3 fully saturated rings. The Morgan fingerprint density at radius 1 is 1.11 bits per heavy atom. The molecule has 10 nitrogen and oxygen atoms in total. The fraction of sp³-hybridized carbons (Fsp3) is 0.406. The molecule has 232 valence electrons. The Hall–Kier alpha value is -4.34. The van der Waals surface area contributed by atoms with E-state index in [0.717, 1.165) is 19.4 Å². The maximum Gasteiger partial charge on any atom is 0.407 e. The number of halogens is 3. The van der Waals surface area contributed by atoms with Gasteiger partial charge in [0.2, 0.25) is 0 Å². The summed E-state index contributed by atoms with van der Waals surface area (Å²) >= 11 is 6.37. The zero-order chi connectivity index (χ0) is 31.2. The summed E-state index contributed by atoms with van der Waals surface area (Å²) in [6.45, 7) is 1.94. The lowest BCUT2D eigenvalue weighted by Crippen LogP contribution is -2.55. The predicted octanol–water partition coefficient (Wildman–Crippen LogP) is 5.86. The highest BCUT2D eigenvalue weighted by Crippen LogP contribution is 2.39. The van der Waals surface area contributed by atoms with Crippen LogP contribution in [-0.4, -0.2) is 86.9 Å². The molecule has 2 atom stereocenters. The molecule has 2 aliphatic heterocycles. The van der Waals surface area contributed by atoms with Gasteiger partial charge < -0.3 is 19.6 Å². The van der Waals surface area contributed by atoms with Crippen molar-refractivity contribution in [3.8, 4) is 23.3 Å². The standard InChI is InChI=1S/C32H30ClF2N7O3/c33-26-24(34)9-6-18-3-1-5-22(25(18)26)28-27(35)29-23(15-37-28)30(40-13-14-42(32(43)44)20(16-40)10-11-36)39-31(38-29)45-17-21-4-2-12-41(21)19-7-8-19/h1,3,5-6,9,15,19-21H,2,4,7-8,10,12-14,16-17H2,(H,43,44)/t20-,21-/m0/s1. The lowest BCUT2D eigenvalue weighted by atomic mass is 10.0. The Kier molecular flexibility index (Phi) is 7.75. The van der Waals surface area contributed by atoms with E-state index in [-0.39, 0.29) is 54.3 Å². The van der Waals surface area contributed by atoms with Gasteiger partial charge in [0, 0.05) is 48.9 Å². The number of nitrogens with zero attached hydrogens (tertiary/aromatic N) is 7. The number of nitriles is 1. The van der Waals surface area contributed by atoms with Crippen molar-refractivity contribution in [3.05, 3.63) is 53.2 Å². The van der Waals surface area contributed by atoms with Gasteiger partial charge in [-0.3, -0.25) is 9.88 Å². The van der Waals surface area contributed by atoms with Crippen molar-refractivity contribution in [2.45, 2.75) is 50.2 Å². The summed E-state index contributed by atoms with van der Waals surface area (Å²) in [6, 6.07) is 10.2. The van der Waals surface area contributed by atoms with Gasteiger partial charge >= 0.3 is 12.1 Å². The van der Waals surface area contributed by atoms with E-state index < -0.39 is 23.8 Å². The number of ether oxygens (including phenoxy) is 1. The Morgan fingerprint density at radius 2 is 1.96 bits per heavy atom. The number of anilines is 1. The van der Waals surface area contributed by atoms with Crippen LogP contribution in [0.15, 0.2) is 36.5 Å².